The molecule has 0 saturated carbocycles. The van der Waals surface area contributed by atoms with Crippen LogP contribution in [0, 0.1) is 30.5 Å². The lowest BCUT2D eigenvalue weighted by molar-refractivity contribution is 0.0657. The van der Waals surface area contributed by atoms with Crippen molar-refractivity contribution in [2.75, 3.05) is 26.3 Å². The number of fused-ring (bicyclic) bond motifs is 1. The first-order valence-corrected chi connectivity index (χ1v) is 8.78. The first-order valence-electron chi connectivity index (χ1n) is 8.78. The Morgan fingerprint density at radius 1 is 1.30 bits per heavy atom. The second-order valence-corrected chi connectivity index (χ2v) is 6.94. The third-order valence-electron chi connectivity index (χ3n) is 5.13. The second kappa shape index (κ2) is 7.19. The van der Waals surface area contributed by atoms with E-state index in [1.165, 1.54) is 4.90 Å². The van der Waals surface area contributed by atoms with E-state index in [0.717, 1.165) is 18.0 Å². The first-order chi connectivity index (χ1) is 13.0. The van der Waals surface area contributed by atoms with Crippen molar-refractivity contribution in [3.63, 3.8) is 0 Å². The van der Waals surface area contributed by atoms with Crippen LogP contribution in [0.3, 0.4) is 0 Å². The monoisotopic (exact) mass is 375 g/mol. The molecule has 0 spiro atoms. The highest BCUT2D eigenvalue weighted by molar-refractivity contribution is 5.94. The van der Waals surface area contributed by atoms with E-state index in [0.29, 0.717) is 32.1 Å². The molecule has 0 radical (unpaired) electrons. The Morgan fingerprint density at radius 2 is 2.15 bits per heavy atom. The van der Waals surface area contributed by atoms with Crippen molar-refractivity contribution < 1.29 is 23.0 Å². The van der Waals surface area contributed by atoms with Crippen LogP contribution in [0.4, 0.5) is 8.78 Å². The van der Waals surface area contributed by atoms with E-state index in [1.807, 2.05) is 19.1 Å². The lowest BCUT2D eigenvalue weighted by Crippen LogP contribution is -2.32. The van der Waals surface area contributed by atoms with Crippen molar-refractivity contribution in [2.45, 2.75) is 13.0 Å². The van der Waals surface area contributed by atoms with Crippen molar-refractivity contribution in [2.24, 2.45) is 11.8 Å². The maximum atomic E-state index is 13.8. The summed E-state index contributed by atoms with van der Waals surface area (Å²) in [5.41, 5.74) is 0.609. The van der Waals surface area contributed by atoms with Crippen LogP contribution >= 0.6 is 0 Å². The van der Waals surface area contributed by atoms with Gasteiger partial charge in [-0.05, 0) is 19.1 Å². The Balaban J connectivity index is 1.40. The zero-order chi connectivity index (χ0) is 19.0. The van der Waals surface area contributed by atoms with E-state index < -0.39 is 17.7 Å². The fraction of sp³-hybridized carbons (Fsp3) is 0.421. The van der Waals surface area contributed by atoms with Crippen LogP contribution in [0.1, 0.15) is 16.1 Å². The number of aryl methyl sites for hydroxylation is 1. The number of hydrogen-bond donors (Lipinski definition) is 0. The van der Waals surface area contributed by atoms with Crippen molar-refractivity contribution >= 4 is 5.91 Å². The largest absolute Gasteiger partial charge is 0.492 e. The number of nitrogens with zero attached hydrogens (tertiary/aromatic N) is 3. The summed E-state index contributed by atoms with van der Waals surface area (Å²) < 4.78 is 38.7. The highest BCUT2D eigenvalue weighted by atomic mass is 19.1. The maximum Gasteiger partial charge on any atom is 0.257 e. The van der Waals surface area contributed by atoms with Gasteiger partial charge >= 0.3 is 0 Å². The van der Waals surface area contributed by atoms with Crippen molar-refractivity contribution in [3.05, 3.63) is 53.6 Å². The Bertz CT molecular complexity index is 847. The molecule has 0 unspecified atom stereocenters. The molecular formula is C19H19F2N3O3. The number of halogens is 2. The van der Waals surface area contributed by atoms with Crippen molar-refractivity contribution in [1.82, 2.24) is 14.9 Å². The average Bonchev–Trinajstić information content (AvgIpc) is 3.24. The molecule has 0 aliphatic carbocycles. The van der Waals surface area contributed by atoms with Gasteiger partial charge in [-0.25, -0.2) is 9.37 Å². The van der Waals surface area contributed by atoms with Gasteiger partial charge in [-0.15, -0.1) is 0 Å². The summed E-state index contributed by atoms with van der Waals surface area (Å²) in [6.07, 6.45) is 2.28. The molecule has 0 aromatic carbocycles. The third kappa shape index (κ3) is 3.62. The molecule has 1 amide bonds. The zero-order valence-corrected chi connectivity index (χ0v) is 14.8. The first kappa shape index (κ1) is 17.8. The van der Waals surface area contributed by atoms with Gasteiger partial charge < -0.3 is 14.4 Å². The van der Waals surface area contributed by atoms with Gasteiger partial charge in [-0.1, -0.05) is 0 Å². The number of hydrogen-bond acceptors (Lipinski definition) is 5. The molecule has 4 rings (SSSR count). The summed E-state index contributed by atoms with van der Waals surface area (Å²) in [6.45, 7) is 3.68. The molecule has 2 aromatic rings. The number of aromatic nitrogens is 2. The number of carbonyl (C=O) groups excluding carboxylic acids is 1. The number of ether oxygens (including phenoxy) is 2. The van der Waals surface area contributed by atoms with Gasteiger partial charge in [0.25, 0.3) is 5.91 Å². The summed E-state index contributed by atoms with van der Waals surface area (Å²) in [5.74, 6) is -1.35. The Labute approximate surface area is 155 Å². The fourth-order valence-electron chi connectivity index (χ4n) is 3.63. The molecule has 142 valence electrons. The van der Waals surface area contributed by atoms with Gasteiger partial charge in [-0.2, -0.15) is 4.39 Å². The predicted octanol–water partition coefficient (Wildman–Crippen LogP) is 2.23. The number of carbonyl (C=O) groups is 1. The van der Waals surface area contributed by atoms with E-state index in [1.54, 1.807) is 6.20 Å². The number of rotatable bonds is 4. The van der Waals surface area contributed by atoms with Crippen LogP contribution < -0.4 is 4.74 Å². The zero-order valence-electron chi connectivity index (χ0n) is 14.8. The van der Waals surface area contributed by atoms with Gasteiger partial charge in [0, 0.05) is 36.7 Å². The van der Waals surface area contributed by atoms with Crippen molar-refractivity contribution in [3.8, 4) is 5.75 Å². The van der Waals surface area contributed by atoms with Crippen LogP contribution in [-0.4, -0.2) is 53.2 Å². The third-order valence-corrected chi connectivity index (χ3v) is 5.13. The predicted molar refractivity (Wildman–Crippen MR) is 91.2 cm³/mol. The summed E-state index contributed by atoms with van der Waals surface area (Å²) in [5, 5.41) is 0. The molecule has 0 bridgehead atoms. The highest BCUT2D eigenvalue weighted by Gasteiger charge is 2.45. The molecule has 2 aliphatic heterocycles. The Hall–Kier alpha value is -2.61. The molecule has 2 aromatic heterocycles. The molecule has 2 saturated heterocycles. The number of likely N-dealkylation sites (tertiary alicyclic amines) is 1. The molecular weight excluding hydrogens is 356 g/mol. The highest BCUT2D eigenvalue weighted by Crippen LogP contribution is 2.34. The molecule has 2 aliphatic rings. The van der Waals surface area contributed by atoms with Gasteiger partial charge in [0.2, 0.25) is 5.95 Å². The second-order valence-electron chi connectivity index (χ2n) is 6.94. The maximum absolute atomic E-state index is 13.8. The summed E-state index contributed by atoms with van der Waals surface area (Å²) in [7, 11) is 0. The molecule has 3 atom stereocenters. The minimum Gasteiger partial charge on any atom is -0.492 e. The summed E-state index contributed by atoms with van der Waals surface area (Å²) >= 11 is 0. The minimum absolute atomic E-state index is 0.0992. The summed E-state index contributed by atoms with van der Waals surface area (Å²) in [4.78, 5) is 21.5. The topological polar surface area (TPSA) is 64.6 Å². The van der Waals surface area contributed by atoms with Gasteiger partial charge in [0.1, 0.15) is 5.75 Å². The van der Waals surface area contributed by atoms with Crippen LogP contribution in [0.5, 0.6) is 5.75 Å². The van der Waals surface area contributed by atoms with Gasteiger partial charge in [-0.3, -0.25) is 9.78 Å². The fourth-order valence-corrected chi connectivity index (χ4v) is 3.63. The van der Waals surface area contributed by atoms with E-state index in [9.17, 15) is 13.6 Å². The molecule has 27 heavy (non-hydrogen) atoms. The van der Waals surface area contributed by atoms with Gasteiger partial charge in [0.15, 0.2) is 5.82 Å². The van der Waals surface area contributed by atoms with Crippen molar-refractivity contribution in [1.29, 1.82) is 0 Å². The number of pyridine rings is 2. The Morgan fingerprint density at radius 3 is 2.93 bits per heavy atom. The smallest absolute Gasteiger partial charge is 0.257 e. The molecule has 8 heteroatoms. The van der Waals surface area contributed by atoms with Crippen LogP contribution in [0.15, 0.2) is 30.6 Å². The molecule has 0 N–H and O–H groups in total. The van der Waals surface area contributed by atoms with Gasteiger partial charge in [0.05, 0.1) is 37.3 Å². The summed E-state index contributed by atoms with van der Waals surface area (Å²) in [6, 6.07) is 4.57. The van der Waals surface area contributed by atoms with Crippen LogP contribution in [0.25, 0.3) is 0 Å². The van der Waals surface area contributed by atoms with E-state index in [-0.39, 0.29) is 23.5 Å². The standard InChI is InChI=1S/C19H19F2N3O3/c1-11-2-3-13(5-22-11)26-9-12-10-27-17-8-24(7-15(12)17)19(25)14-4-18(21)23-6-16(14)20/h2-6,12,15,17H,7-10H2,1H3/t12-,15+,17+/m0/s1. The van der Waals surface area contributed by atoms with E-state index in [2.05, 4.69) is 9.97 Å². The molecule has 4 heterocycles. The average molecular weight is 375 g/mol. The van der Waals surface area contributed by atoms with Crippen LogP contribution in [-0.2, 0) is 4.74 Å². The molecule has 6 nitrogen and oxygen atoms in total. The minimum atomic E-state index is -0.881. The quantitative estimate of drug-likeness (QED) is 0.767. The van der Waals surface area contributed by atoms with Crippen LogP contribution in [0.2, 0.25) is 0 Å². The normalized spacial score (nSPS) is 24.1. The van der Waals surface area contributed by atoms with E-state index in [4.69, 9.17) is 9.47 Å². The Kier molecular flexibility index (Phi) is 4.73. The number of amides is 1. The lowest BCUT2D eigenvalue weighted by atomic mass is 9.94. The lowest BCUT2D eigenvalue weighted by Gasteiger charge is -2.20. The SMILES string of the molecule is Cc1ccc(OC[C@H]2CO[C@@H]3CN(C(=O)c4cc(F)ncc4F)C[C@H]23)cn1. The molecule has 2 fully saturated rings. The van der Waals surface area contributed by atoms with E-state index >= 15 is 0 Å².